The van der Waals surface area contributed by atoms with Gasteiger partial charge in [0.05, 0.1) is 12.0 Å². The van der Waals surface area contributed by atoms with Crippen LogP contribution in [0.4, 0.5) is 4.79 Å². The molecule has 3 atom stereocenters. The Bertz CT molecular complexity index is 1010. The molecule has 8 heteroatoms. The minimum atomic E-state index is -0.979. The SMILES string of the molecule is CCC(CNC(=O)OCC1c2ccccc2-c2ccccc21)C(=O)NCC1CCC(C(=O)O)O1. The van der Waals surface area contributed by atoms with E-state index in [-0.39, 0.29) is 37.6 Å². The molecule has 0 spiro atoms. The average Bonchev–Trinajstić information content (AvgIpc) is 3.45. The standard InChI is InChI=1S/C26H30N2O6/c1-2-16(24(29)27-14-17-11-12-23(34-17)25(30)31)13-28-26(32)33-15-22-20-9-5-3-7-18(20)19-8-4-6-10-21(19)22/h3-10,16-17,22-23H,2,11-15H2,1H3,(H,27,29)(H,28,32)(H,30,31). The van der Waals surface area contributed by atoms with E-state index >= 15 is 0 Å². The largest absolute Gasteiger partial charge is 0.479 e. The smallest absolute Gasteiger partial charge is 0.407 e. The molecular formula is C26H30N2O6. The van der Waals surface area contributed by atoms with E-state index in [0.29, 0.717) is 19.3 Å². The Hall–Kier alpha value is -3.39. The highest BCUT2D eigenvalue weighted by Gasteiger charge is 2.31. The number of amides is 2. The van der Waals surface area contributed by atoms with Crippen LogP contribution in [0.25, 0.3) is 11.1 Å². The molecule has 3 N–H and O–H groups in total. The Morgan fingerprint density at radius 3 is 2.26 bits per heavy atom. The minimum absolute atomic E-state index is 0.0236. The third-order valence-electron chi connectivity index (χ3n) is 6.59. The first kappa shape index (κ1) is 23.8. The van der Waals surface area contributed by atoms with Gasteiger partial charge >= 0.3 is 12.1 Å². The van der Waals surface area contributed by atoms with E-state index in [0.717, 1.165) is 22.3 Å². The molecule has 0 saturated carbocycles. The molecule has 0 radical (unpaired) electrons. The molecule has 1 heterocycles. The zero-order chi connectivity index (χ0) is 24.1. The lowest BCUT2D eigenvalue weighted by Crippen LogP contribution is -2.41. The maximum atomic E-state index is 12.5. The van der Waals surface area contributed by atoms with E-state index in [1.165, 1.54) is 0 Å². The Morgan fingerprint density at radius 1 is 1.03 bits per heavy atom. The quantitative estimate of drug-likeness (QED) is 0.523. The monoisotopic (exact) mass is 466 g/mol. The molecular weight excluding hydrogens is 436 g/mol. The van der Waals surface area contributed by atoms with Crippen molar-refractivity contribution in [2.75, 3.05) is 19.7 Å². The van der Waals surface area contributed by atoms with Gasteiger partial charge in [-0.3, -0.25) is 4.79 Å². The highest BCUT2D eigenvalue weighted by molar-refractivity contribution is 5.80. The van der Waals surface area contributed by atoms with Gasteiger partial charge < -0.3 is 25.2 Å². The zero-order valence-corrected chi connectivity index (χ0v) is 19.2. The summed E-state index contributed by atoms with van der Waals surface area (Å²) in [5.41, 5.74) is 4.61. The first-order valence-corrected chi connectivity index (χ1v) is 11.7. The Kier molecular flexibility index (Phi) is 7.47. The van der Waals surface area contributed by atoms with Gasteiger partial charge in [-0.1, -0.05) is 55.5 Å². The molecule has 8 nitrogen and oxygen atoms in total. The van der Waals surface area contributed by atoms with E-state index in [1.807, 2.05) is 31.2 Å². The van der Waals surface area contributed by atoms with Crippen LogP contribution in [0.5, 0.6) is 0 Å². The van der Waals surface area contributed by atoms with Crippen molar-refractivity contribution in [3.63, 3.8) is 0 Å². The van der Waals surface area contributed by atoms with Gasteiger partial charge in [0.1, 0.15) is 6.61 Å². The van der Waals surface area contributed by atoms with Gasteiger partial charge in [0.25, 0.3) is 0 Å². The van der Waals surface area contributed by atoms with Gasteiger partial charge in [-0.25, -0.2) is 9.59 Å². The number of ether oxygens (including phenoxy) is 2. The highest BCUT2D eigenvalue weighted by Crippen LogP contribution is 2.44. The number of carbonyl (C=O) groups is 3. The molecule has 2 aromatic rings. The molecule has 1 aliphatic carbocycles. The van der Waals surface area contributed by atoms with Crippen molar-refractivity contribution in [3.8, 4) is 11.1 Å². The van der Waals surface area contributed by atoms with Crippen LogP contribution < -0.4 is 10.6 Å². The van der Waals surface area contributed by atoms with E-state index in [2.05, 4.69) is 34.9 Å². The van der Waals surface area contributed by atoms with Crippen molar-refractivity contribution >= 4 is 18.0 Å². The van der Waals surface area contributed by atoms with Crippen LogP contribution in [0.1, 0.15) is 43.2 Å². The van der Waals surface area contributed by atoms with Crippen molar-refractivity contribution in [1.29, 1.82) is 0 Å². The maximum Gasteiger partial charge on any atom is 0.407 e. The number of carboxylic acids is 1. The molecule has 180 valence electrons. The van der Waals surface area contributed by atoms with Crippen molar-refractivity contribution < 1.29 is 29.0 Å². The summed E-state index contributed by atoms with van der Waals surface area (Å²) in [4.78, 5) is 35.9. The molecule has 1 saturated heterocycles. The fourth-order valence-corrected chi connectivity index (χ4v) is 4.67. The predicted octanol–water partition coefficient (Wildman–Crippen LogP) is 3.30. The number of hydrogen-bond donors (Lipinski definition) is 3. The fourth-order valence-electron chi connectivity index (χ4n) is 4.67. The summed E-state index contributed by atoms with van der Waals surface area (Å²) in [5.74, 6) is -1.63. The second-order valence-electron chi connectivity index (χ2n) is 8.72. The van der Waals surface area contributed by atoms with Gasteiger partial charge in [0, 0.05) is 19.0 Å². The van der Waals surface area contributed by atoms with Crippen LogP contribution >= 0.6 is 0 Å². The van der Waals surface area contributed by atoms with Gasteiger partial charge in [-0.15, -0.1) is 0 Å². The van der Waals surface area contributed by atoms with E-state index < -0.39 is 24.1 Å². The predicted molar refractivity (Wildman–Crippen MR) is 125 cm³/mol. The van der Waals surface area contributed by atoms with Gasteiger partial charge in [0.15, 0.2) is 6.10 Å². The molecule has 2 aromatic carbocycles. The Balaban J connectivity index is 1.24. The third-order valence-corrected chi connectivity index (χ3v) is 6.59. The molecule has 1 fully saturated rings. The van der Waals surface area contributed by atoms with E-state index in [9.17, 15) is 14.4 Å². The van der Waals surface area contributed by atoms with Crippen molar-refractivity contribution in [2.24, 2.45) is 5.92 Å². The van der Waals surface area contributed by atoms with Crippen LogP contribution in [0.2, 0.25) is 0 Å². The van der Waals surface area contributed by atoms with Gasteiger partial charge in [0.2, 0.25) is 5.91 Å². The molecule has 1 aliphatic heterocycles. The molecule has 0 aromatic heterocycles. The lowest BCUT2D eigenvalue weighted by molar-refractivity contribution is -0.149. The van der Waals surface area contributed by atoms with Gasteiger partial charge in [-0.05, 0) is 41.5 Å². The van der Waals surface area contributed by atoms with E-state index in [4.69, 9.17) is 14.6 Å². The topological polar surface area (TPSA) is 114 Å². The summed E-state index contributed by atoms with van der Waals surface area (Å²) < 4.78 is 10.9. The van der Waals surface area contributed by atoms with Crippen molar-refractivity contribution in [1.82, 2.24) is 10.6 Å². The Morgan fingerprint density at radius 2 is 1.68 bits per heavy atom. The molecule has 0 bridgehead atoms. The fraction of sp³-hybridized carbons (Fsp3) is 0.423. The summed E-state index contributed by atoms with van der Waals surface area (Å²) >= 11 is 0. The molecule has 2 amide bonds. The van der Waals surface area contributed by atoms with Crippen LogP contribution in [-0.2, 0) is 19.1 Å². The summed E-state index contributed by atoms with van der Waals surface area (Å²) in [7, 11) is 0. The first-order chi connectivity index (χ1) is 16.5. The summed E-state index contributed by atoms with van der Waals surface area (Å²) in [5, 5.41) is 14.5. The first-order valence-electron chi connectivity index (χ1n) is 11.7. The molecule has 3 unspecified atom stereocenters. The van der Waals surface area contributed by atoms with Crippen LogP contribution in [-0.4, -0.2) is 55.0 Å². The summed E-state index contributed by atoms with van der Waals surface area (Å²) in [6, 6.07) is 16.3. The number of alkyl carbamates (subject to hydrolysis) is 1. The molecule has 34 heavy (non-hydrogen) atoms. The van der Waals surface area contributed by atoms with Crippen molar-refractivity contribution in [2.45, 2.75) is 44.3 Å². The highest BCUT2D eigenvalue weighted by atomic mass is 16.5. The molecule has 4 rings (SSSR count). The average molecular weight is 467 g/mol. The number of carbonyl (C=O) groups excluding carboxylic acids is 2. The Labute approximate surface area is 198 Å². The van der Waals surface area contributed by atoms with Crippen LogP contribution in [0, 0.1) is 5.92 Å². The van der Waals surface area contributed by atoms with E-state index in [1.54, 1.807) is 0 Å². The zero-order valence-electron chi connectivity index (χ0n) is 19.2. The molecule has 2 aliphatic rings. The lowest BCUT2D eigenvalue weighted by atomic mass is 9.98. The number of carboxylic acid groups (broad SMARTS) is 1. The lowest BCUT2D eigenvalue weighted by Gasteiger charge is -2.19. The maximum absolute atomic E-state index is 12.5. The number of fused-ring (bicyclic) bond motifs is 3. The number of aliphatic carboxylic acids is 1. The number of rotatable bonds is 9. The summed E-state index contributed by atoms with van der Waals surface area (Å²) in [6.07, 6.45) is -0.102. The van der Waals surface area contributed by atoms with Gasteiger partial charge in [-0.2, -0.15) is 0 Å². The number of hydrogen-bond acceptors (Lipinski definition) is 5. The number of nitrogens with one attached hydrogen (secondary N) is 2. The third kappa shape index (κ3) is 5.22. The second kappa shape index (κ2) is 10.7. The minimum Gasteiger partial charge on any atom is -0.479 e. The van der Waals surface area contributed by atoms with Crippen molar-refractivity contribution in [3.05, 3.63) is 59.7 Å². The van der Waals surface area contributed by atoms with Crippen LogP contribution in [0.15, 0.2) is 48.5 Å². The number of benzene rings is 2. The van der Waals surface area contributed by atoms with Crippen LogP contribution in [0.3, 0.4) is 0 Å². The summed E-state index contributed by atoms with van der Waals surface area (Å²) in [6.45, 7) is 2.50. The second-order valence-corrected chi connectivity index (χ2v) is 8.72. The normalized spacial score (nSPS) is 19.7.